The summed E-state index contributed by atoms with van der Waals surface area (Å²) in [6, 6.07) is 7.34. The van der Waals surface area contributed by atoms with Gasteiger partial charge in [-0.3, -0.25) is 4.79 Å². The van der Waals surface area contributed by atoms with Gasteiger partial charge in [0.15, 0.2) is 0 Å². The number of ether oxygens (including phenoxy) is 1. The molecule has 0 spiro atoms. The molecule has 0 aromatic heterocycles. The first-order valence-electron chi connectivity index (χ1n) is 8.75. The summed E-state index contributed by atoms with van der Waals surface area (Å²) in [7, 11) is 1.67. The molecule has 2 N–H and O–H groups in total. The van der Waals surface area contributed by atoms with Crippen LogP contribution in [0.4, 0.5) is 0 Å². The number of carbonyl (C=O) groups excluding carboxylic acids is 1. The maximum absolute atomic E-state index is 12.4. The van der Waals surface area contributed by atoms with Crippen LogP contribution in [-0.4, -0.2) is 25.1 Å². The zero-order valence-electron chi connectivity index (χ0n) is 14.8. The van der Waals surface area contributed by atoms with Crippen molar-refractivity contribution in [3.63, 3.8) is 0 Å². The Labute approximate surface area is 151 Å². The van der Waals surface area contributed by atoms with Crippen molar-refractivity contribution >= 4 is 18.3 Å². The van der Waals surface area contributed by atoms with Crippen molar-refractivity contribution < 1.29 is 9.53 Å². The molecule has 0 saturated carbocycles. The first-order chi connectivity index (χ1) is 11.0. The van der Waals surface area contributed by atoms with E-state index in [1.807, 2.05) is 19.1 Å². The lowest BCUT2D eigenvalue weighted by molar-refractivity contribution is -0.122. The standard InChI is InChI=1S/C19H28N2O2.ClH/c1-12-4-7-18(23-3)17(8-12)13(2)20-19(22)11-14-9-15-5-6-16(10-14)21-15;/h4,7-8,13-16,21H,5-6,9-11H2,1-3H3,(H,20,22);1H. The molecule has 1 amide bonds. The van der Waals surface area contributed by atoms with Crippen molar-refractivity contribution in [2.75, 3.05) is 7.11 Å². The van der Waals surface area contributed by atoms with Crippen LogP contribution < -0.4 is 15.4 Å². The Morgan fingerprint density at radius 2 is 2.00 bits per heavy atom. The molecule has 24 heavy (non-hydrogen) atoms. The van der Waals surface area contributed by atoms with Crippen LogP contribution in [0.2, 0.25) is 0 Å². The summed E-state index contributed by atoms with van der Waals surface area (Å²) in [5.74, 6) is 1.52. The minimum atomic E-state index is -0.0317. The van der Waals surface area contributed by atoms with Gasteiger partial charge in [-0.15, -0.1) is 12.4 Å². The van der Waals surface area contributed by atoms with E-state index in [1.165, 1.54) is 18.4 Å². The van der Waals surface area contributed by atoms with E-state index >= 15 is 0 Å². The molecule has 3 atom stereocenters. The third-order valence-corrected chi connectivity index (χ3v) is 5.27. The predicted molar refractivity (Wildman–Crippen MR) is 98.8 cm³/mol. The van der Waals surface area contributed by atoms with Crippen molar-refractivity contribution in [2.45, 2.75) is 64.1 Å². The Hall–Kier alpha value is -1.26. The van der Waals surface area contributed by atoms with E-state index in [1.54, 1.807) is 7.11 Å². The number of hydrogen-bond acceptors (Lipinski definition) is 3. The summed E-state index contributed by atoms with van der Waals surface area (Å²) in [5.41, 5.74) is 2.23. The van der Waals surface area contributed by atoms with Gasteiger partial charge in [-0.1, -0.05) is 17.7 Å². The number of amides is 1. The number of nitrogens with one attached hydrogen (secondary N) is 2. The zero-order valence-corrected chi connectivity index (χ0v) is 15.6. The van der Waals surface area contributed by atoms with E-state index in [9.17, 15) is 4.79 Å². The number of hydrogen-bond donors (Lipinski definition) is 2. The summed E-state index contributed by atoms with van der Waals surface area (Å²) in [6.07, 6.45) is 5.49. The number of halogens is 1. The largest absolute Gasteiger partial charge is 0.496 e. The van der Waals surface area contributed by atoms with Gasteiger partial charge in [0.25, 0.3) is 0 Å². The molecule has 2 saturated heterocycles. The fourth-order valence-electron chi connectivity index (χ4n) is 4.17. The van der Waals surface area contributed by atoms with Crippen LogP contribution in [0, 0.1) is 12.8 Å². The summed E-state index contributed by atoms with van der Waals surface area (Å²) in [5, 5.41) is 6.79. The summed E-state index contributed by atoms with van der Waals surface area (Å²) >= 11 is 0. The second-order valence-electron chi connectivity index (χ2n) is 7.21. The Morgan fingerprint density at radius 3 is 2.62 bits per heavy atom. The molecule has 3 rings (SSSR count). The van der Waals surface area contributed by atoms with Crippen LogP contribution in [0.1, 0.15) is 56.2 Å². The Kier molecular flexibility index (Phi) is 6.53. The SMILES string of the molecule is COc1ccc(C)cc1C(C)NC(=O)CC1CC2CCC(C1)N2.Cl. The first kappa shape index (κ1) is 19.1. The van der Waals surface area contributed by atoms with Crippen LogP contribution in [-0.2, 0) is 4.79 Å². The van der Waals surface area contributed by atoms with Crippen LogP contribution in [0.3, 0.4) is 0 Å². The molecule has 2 bridgehead atoms. The van der Waals surface area contributed by atoms with Crippen molar-refractivity contribution in [2.24, 2.45) is 5.92 Å². The first-order valence-corrected chi connectivity index (χ1v) is 8.75. The Morgan fingerprint density at radius 1 is 1.33 bits per heavy atom. The Bertz CT molecular complexity index is 566. The number of fused-ring (bicyclic) bond motifs is 2. The molecule has 5 heteroatoms. The van der Waals surface area contributed by atoms with Gasteiger partial charge in [0.05, 0.1) is 13.2 Å². The minimum Gasteiger partial charge on any atom is -0.496 e. The summed E-state index contributed by atoms with van der Waals surface area (Å²) in [4.78, 5) is 12.4. The number of carbonyl (C=O) groups is 1. The molecule has 134 valence electrons. The van der Waals surface area contributed by atoms with E-state index in [0.29, 0.717) is 24.4 Å². The lowest BCUT2D eigenvalue weighted by Crippen LogP contribution is -2.40. The monoisotopic (exact) mass is 352 g/mol. The van der Waals surface area contributed by atoms with Crippen LogP contribution in [0.15, 0.2) is 18.2 Å². The smallest absolute Gasteiger partial charge is 0.220 e. The van der Waals surface area contributed by atoms with Gasteiger partial charge < -0.3 is 15.4 Å². The third kappa shape index (κ3) is 4.42. The van der Waals surface area contributed by atoms with E-state index in [2.05, 4.69) is 23.6 Å². The lowest BCUT2D eigenvalue weighted by Gasteiger charge is -2.29. The molecule has 4 nitrogen and oxygen atoms in total. The normalized spacial score (nSPS) is 26.4. The van der Waals surface area contributed by atoms with Crippen LogP contribution >= 0.6 is 12.4 Å². The number of benzene rings is 1. The van der Waals surface area contributed by atoms with E-state index in [0.717, 1.165) is 24.2 Å². The maximum Gasteiger partial charge on any atom is 0.220 e. The molecule has 0 aliphatic carbocycles. The topological polar surface area (TPSA) is 50.4 Å². The fourth-order valence-corrected chi connectivity index (χ4v) is 4.17. The van der Waals surface area contributed by atoms with E-state index < -0.39 is 0 Å². The highest BCUT2D eigenvalue weighted by atomic mass is 35.5. The number of rotatable bonds is 5. The maximum atomic E-state index is 12.4. The average molecular weight is 353 g/mol. The van der Waals surface area contributed by atoms with Gasteiger partial charge in [-0.25, -0.2) is 0 Å². The average Bonchev–Trinajstić information content (AvgIpc) is 2.85. The molecule has 2 heterocycles. The van der Waals surface area contributed by atoms with Crippen molar-refractivity contribution in [1.82, 2.24) is 10.6 Å². The summed E-state index contributed by atoms with van der Waals surface area (Å²) in [6.45, 7) is 4.09. The van der Waals surface area contributed by atoms with Crippen LogP contribution in [0.25, 0.3) is 0 Å². The minimum absolute atomic E-state index is 0. The molecule has 2 aliphatic rings. The molecular formula is C19H29ClN2O2. The lowest BCUT2D eigenvalue weighted by atomic mass is 9.89. The van der Waals surface area contributed by atoms with Gasteiger partial charge in [0.2, 0.25) is 5.91 Å². The highest BCUT2D eigenvalue weighted by Gasteiger charge is 2.34. The fraction of sp³-hybridized carbons (Fsp3) is 0.632. The molecular weight excluding hydrogens is 324 g/mol. The molecule has 0 radical (unpaired) electrons. The zero-order chi connectivity index (χ0) is 16.4. The molecule has 3 unspecified atom stereocenters. The van der Waals surface area contributed by atoms with Gasteiger partial charge in [-0.05, 0) is 51.5 Å². The highest BCUT2D eigenvalue weighted by molar-refractivity contribution is 5.85. The summed E-state index contributed by atoms with van der Waals surface area (Å²) < 4.78 is 5.43. The molecule has 2 aliphatic heterocycles. The van der Waals surface area contributed by atoms with E-state index in [-0.39, 0.29) is 24.4 Å². The Balaban J connectivity index is 0.00000208. The van der Waals surface area contributed by atoms with Crippen molar-refractivity contribution in [3.05, 3.63) is 29.3 Å². The second-order valence-corrected chi connectivity index (χ2v) is 7.21. The molecule has 1 aromatic carbocycles. The van der Waals surface area contributed by atoms with Crippen molar-refractivity contribution in [3.8, 4) is 5.75 Å². The number of piperidine rings is 1. The number of aryl methyl sites for hydroxylation is 1. The van der Waals surface area contributed by atoms with Crippen LogP contribution in [0.5, 0.6) is 5.75 Å². The van der Waals surface area contributed by atoms with Gasteiger partial charge in [0, 0.05) is 24.1 Å². The van der Waals surface area contributed by atoms with Crippen molar-refractivity contribution in [1.29, 1.82) is 0 Å². The predicted octanol–water partition coefficient (Wildman–Crippen LogP) is 3.52. The second kappa shape index (κ2) is 8.21. The van der Waals surface area contributed by atoms with E-state index in [4.69, 9.17) is 4.74 Å². The van der Waals surface area contributed by atoms with Gasteiger partial charge >= 0.3 is 0 Å². The quantitative estimate of drug-likeness (QED) is 0.852. The molecule has 2 fully saturated rings. The van der Waals surface area contributed by atoms with Gasteiger partial charge in [-0.2, -0.15) is 0 Å². The van der Waals surface area contributed by atoms with Gasteiger partial charge in [0.1, 0.15) is 5.75 Å². The highest BCUT2D eigenvalue weighted by Crippen LogP contribution is 2.33. The third-order valence-electron chi connectivity index (χ3n) is 5.27. The number of methoxy groups -OCH3 is 1. The molecule has 1 aromatic rings.